The van der Waals surface area contributed by atoms with Crippen LogP contribution in [0, 0.1) is 0 Å². The van der Waals surface area contributed by atoms with Crippen LogP contribution < -0.4 is 0 Å². The summed E-state index contributed by atoms with van der Waals surface area (Å²) < 4.78 is 0. The predicted molar refractivity (Wildman–Crippen MR) is 72.8 cm³/mol. The van der Waals surface area contributed by atoms with Crippen LogP contribution in [-0.4, -0.2) is 35.0 Å². The van der Waals surface area contributed by atoms with E-state index in [0.717, 1.165) is 11.1 Å². The standard InChI is InChI=1S/C15H16N2O2/c1-17(2)15(19)13-5-3-11(4-6-13)14(18)12-7-9-16-10-8-12/h3-10,14,18H,1-2H3. The molecule has 0 bridgehead atoms. The van der Waals surface area contributed by atoms with E-state index in [-0.39, 0.29) is 5.91 Å². The van der Waals surface area contributed by atoms with Crippen LogP contribution in [-0.2, 0) is 0 Å². The van der Waals surface area contributed by atoms with E-state index in [0.29, 0.717) is 5.56 Å². The van der Waals surface area contributed by atoms with E-state index in [1.165, 1.54) is 4.90 Å². The molecule has 0 radical (unpaired) electrons. The molecule has 1 aromatic carbocycles. The van der Waals surface area contributed by atoms with Crippen LogP contribution in [0.2, 0.25) is 0 Å². The van der Waals surface area contributed by atoms with Gasteiger partial charge in [-0.2, -0.15) is 0 Å². The highest BCUT2D eigenvalue weighted by molar-refractivity contribution is 5.93. The van der Waals surface area contributed by atoms with Gasteiger partial charge in [-0.25, -0.2) is 0 Å². The maximum absolute atomic E-state index is 11.8. The number of nitrogens with zero attached hydrogens (tertiary/aromatic N) is 2. The molecule has 2 rings (SSSR count). The fourth-order valence-corrected chi connectivity index (χ4v) is 1.80. The van der Waals surface area contributed by atoms with Crippen LogP contribution in [0.4, 0.5) is 0 Å². The Balaban J connectivity index is 2.21. The van der Waals surface area contributed by atoms with Crippen LogP contribution in [0.5, 0.6) is 0 Å². The molecule has 0 saturated carbocycles. The zero-order valence-electron chi connectivity index (χ0n) is 10.9. The van der Waals surface area contributed by atoms with Crippen LogP contribution in [0.15, 0.2) is 48.8 Å². The smallest absolute Gasteiger partial charge is 0.253 e. The number of aliphatic hydroxyl groups excluding tert-OH is 1. The number of rotatable bonds is 3. The van der Waals surface area contributed by atoms with Crippen LogP contribution in [0.1, 0.15) is 27.6 Å². The fraction of sp³-hybridized carbons (Fsp3) is 0.200. The van der Waals surface area contributed by atoms with Crippen molar-refractivity contribution in [1.82, 2.24) is 9.88 Å². The van der Waals surface area contributed by atoms with E-state index in [9.17, 15) is 9.90 Å². The van der Waals surface area contributed by atoms with Crippen LogP contribution in [0.25, 0.3) is 0 Å². The van der Waals surface area contributed by atoms with Crippen molar-refractivity contribution >= 4 is 5.91 Å². The summed E-state index contributed by atoms with van der Waals surface area (Å²) in [6, 6.07) is 10.5. The molecule has 0 aliphatic rings. The third kappa shape index (κ3) is 2.98. The Hall–Kier alpha value is -2.20. The second-order valence-electron chi connectivity index (χ2n) is 4.50. The van der Waals surface area contributed by atoms with Crippen molar-refractivity contribution in [1.29, 1.82) is 0 Å². The molecule has 98 valence electrons. The van der Waals surface area contributed by atoms with Gasteiger partial charge in [-0.1, -0.05) is 12.1 Å². The van der Waals surface area contributed by atoms with Crippen molar-refractivity contribution < 1.29 is 9.90 Å². The van der Waals surface area contributed by atoms with Gasteiger partial charge in [0.1, 0.15) is 6.10 Å². The second-order valence-corrected chi connectivity index (χ2v) is 4.50. The van der Waals surface area contributed by atoms with Gasteiger partial charge in [-0.15, -0.1) is 0 Å². The number of carbonyl (C=O) groups is 1. The molecule has 1 heterocycles. The first kappa shape index (κ1) is 13.2. The van der Waals surface area contributed by atoms with Gasteiger partial charge in [0.25, 0.3) is 5.91 Å². The quantitative estimate of drug-likeness (QED) is 0.912. The van der Waals surface area contributed by atoms with E-state index in [1.54, 1.807) is 62.9 Å². The molecule has 0 saturated heterocycles. The number of amides is 1. The summed E-state index contributed by atoms with van der Waals surface area (Å²) in [5, 5.41) is 10.2. The summed E-state index contributed by atoms with van der Waals surface area (Å²) in [5.74, 6) is -0.0510. The summed E-state index contributed by atoms with van der Waals surface area (Å²) in [7, 11) is 3.42. The minimum absolute atomic E-state index is 0.0510. The van der Waals surface area contributed by atoms with Gasteiger partial charge in [0, 0.05) is 32.1 Å². The number of hydrogen-bond donors (Lipinski definition) is 1. The molecule has 4 heteroatoms. The van der Waals surface area contributed by atoms with Crippen molar-refractivity contribution in [2.75, 3.05) is 14.1 Å². The molecule has 0 aliphatic heterocycles. The normalized spacial score (nSPS) is 11.9. The maximum atomic E-state index is 11.8. The first-order valence-electron chi connectivity index (χ1n) is 5.99. The average Bonchev–Trinajstić information content (AvgIpc) is 2.46. The van der Waals surface area contributed by atoms with Gasteiger partial charge < -0.3 is 10.0 Å². The van der Waals surface area contributed by atoms with Crippen LogP contribution in [0.3, 0.4) is 0 Å². The van der Waals surface area contributed by atoms with Crippen LogP contribution >= 0.6 is 0 Å². The minimum atomic E-state index is -0.702. The van der Waals surface area contributed by atoms with Gasteiger partial charge in [0.15, 0.2) is 0 Å². The van der Waals surface area contributed by atoms with Gasteiger partial charge in [-0.3, -0.25) is 9.78 Å². The molecule has 19 heavy (non-hydrogen) atoms. The highest BCUT2D eigenvalue weighted by Gasteiger charge is 2.12. The van der Waals surface area contributed by atoms with Gasteiger partial charge >= 0.3 is 0 Å². The van der Waals surface area contributed by atoms with Crippen molar-refractivity contribution in [2.24, 2.45) is 0 Å². The third-order valence-electron chi connectivity index (χ3n) is 2.90. The molecule has 1 amide bonds. The highest BCUT2D eigenvalue weighted by Crippen LogP contribution is 2.21. The molecule has 1 unspecified atom stereocenters. The summed E-state index contributed by atoms with van der Waals surface area (Å²) in [6.45, 7) is 0. The van der Waals surface area contributed by atoms with Gasteiger partial charge in [0.05, 0.1) is 0 Å². The molecule has 0 spiro atoms. The summed E-state index contributed by atoms with van der Waals surface area (Å²) >= 11 is 0. The Kier molecular flexibility index (Phi) is 3.92. The Morgan fingerprint density at radius 3 is 2.11 bits per heavy atom. The summed E-state index contributed by atoms with van der Waals surface area (Å²) in [6.07, 6.45) is 2.58. The molecule has 0 aliphatic carbocycles. The lowest BCUT2D eigenvalue weighted by atomic mass is 10.0. The van der Waals surface area contributed by atoms with E-state index in [1.807, 2.05) is 0 Å². The SMILES string of the molecule is CN(C)C(=O)c1ccc(C(O)c2ccncc2)cc1. The lowest BCUT2D eigenvalue weighted by Crippen LogP contribution is -2.21. The number of aromatic nitrogens is 1. The molecule has 0 fully saturated rings. The largest absolute Gasteiger partial charge is 0.384 e. The maximum Gasteiger partial charge on any atom is 0.253 e. The lowest BCUT2D eigenvalue weighted by Gasteiger charge is -2.13. The predicted octanol–water partition coefficient (Wildman–Crippen LogP) is 1.87. The van der Waals surface area contributed by atoms with Gasteiger partial charge in [0.2, 0.25) is 0 Å². The van der Waals surface area contributed by atoms with Crippen molar-refractivity contribution in [3.63, 3.8) is 0 Å². The number of pyridine rings is 1. The first-order valence-corrected chi connectivity index (χ1v) is 5.99. The highest BCUT2D eigenvalue weighted by atomic mass is 16.3. The first-order chi connectivity index (χ1) is 9.09. The van der Waals surface area contributed by atoms with E-state index < -0.39 is 6.10 Å². The average molecular weight is 256 g/mol. The molecule has 2 aromatic rings. The number of hydrogen-bond acceptors (Lipinski definition) is 3. The molecule has 4 nitrogen and oxygen atoms in total. The number of benzene rings is 1. The van der Waals surface area contributed by atoms with Crippen molar-refractivity contribution in [2.45, 2.75) is 6.10 Å². The second kappa shape index (κ2) is 5.63. The summed E-state index contributed by atoms with van der Waals surface area (Å²) in [4.78, 5) is 17.2. The molecular formula is C15H16N2O2. The van der Waals surface area contributed by atoms with Crippen molar-refractivity contribution in [3.8, 4) is 0 Å². The minimum Gasteiger partial charge on any atom is -0.384 e. The molecule has 1 atom stereocenters. The molecular weight excluding hydrogens is 240 g/mol. The fourth-order valence-electron chi connectivity index (χ4n) is 1.80. The molecule has 1 aromatic heterocycles. The van der Waals surface area contributed by atoms with Gasteiger partial charge in [-0.05, 0) is 35.4 Å². The van der Waals surface area contributed by atoms with E-state index in [4.69, 9.17) is 0 Å². The Labute approximate surface area is 112 Å². The Morgan fingerprint density at radius 2 is 1.58 bits per heavy atom. The number of aliphatic hydroxyl groups is 1. The zero-order chi connectivity index (χ0) is 13.8. The zero-order valence-corrected chi connectivity index (χ0v) is 10.9. The third-order valence-corrected chi connectivity index (χ3v) is 2.90. The Bertz CT molecular complexity index is 550. The van der Waals surface area contributed by atoms with Crippen molar-refractivity contribution in [3.05, 3.63) is 65.5 Å². The lowest BCUT2D eigenvalue weighted by molar-refractivity contribution is 0.0827. The Morgan fingerprint density at radius 1 is 1.05 bits per heavy atom. The number of carbonyl (C=O) groups excluding carboxylic acids is 1. The van der Waals surface area contributed by atoms with E-state index in [2.05, 4.69) is 4.98 Å². The molecule has 1 N–H and O–H groups in total. The van der Waals surface area contributed by atoms with E-state index >= 15 is 0 Å². The monoisotopic (exact) mass is 256 g/mol. The topological polar surface area (TPSA) is 53.4 Å². The summed E-state index contributed by atoms with van der Waals surface area (Å²) in [5.41, 5.74) is 2.14.